The Morgan fingerprint density at radius 2 is 1.96 bits per heavy atom. The number of hydrogen-bond donors (Lipinski definition) is 1. The number of imidazole rings is 1. The third kappa shape index (κ3) is 3.18. The Hall–Kier alpha value is -2.95. The van der Waals surface area contributed by atoms with Gasteiger partial charge in [-0.2, -0.15) is 0 Å². The van der Waals surface area contributed by atoms with Gasteiger partial charge in [-0.15, -0.1) is 0 Å². The average molecular weight is 331 g/mol. The number of hydrogen-bond acceptors (Lipinski definition) is 4. The average Bonchev–Trinajstić information content (AvgIpc) is 3.05. The fraction of sp³-hybridized carbons (Fsp3) is 0.250. The Labute approximate surface area is 147 Å². The van der Waals surface area contributed by atoms with E-state index < -0.39 is 0 Å². The van der Waals surface area contributed by atoms with Gasteiger partial charge in [0.2, 0.25) is 0 Å². The predicted molar refractivity (Wildman–Crippen MR) is 99.6 cm³/mol. The number of fused-ring (bicyclic) bond motifs is 1. The van der Waals surface area contributed by atoms with Crippen LogP contribution in [0.4, 0.5) is 5.82 Å². The van der Waals surface area contributed by atoms with Gasteiger partial charge in [-0.25, -0.2) is 9.97 Å². The standard InChI is InChI=1S/C20H21N5/c1-14-8-9-18-17(10-14)22-13-25(18)20-12-21-11-19(24-20)23-15(2)16-6-4-3-5-7-16/h3-7,10-13,15H,8-9H2,1-2H3,(H,23,24)/t15-/m0/s1. The summed E-state index contributed by atoms with van der Waals surface area (Å²) in [6.07, 6.45) is 9.59. The van der Waals surface area contributed by atoms with E-state index >= 15 is 0 Å². The summed E-state index contributed by atoms with van der Waals surface area (Å²) in [7, 11) is 0. The van der Waals surface area contributed by atoms with Crippen molar-refractivity contribution < 1.29 is 0 Å². The first kappa shape index (κ1) is 15.6. The Kier molecular flexibility index (Phi) is 4.06. The number of nitrogens with zero attached hydrogens (tertiary/aromatic N) is 4. The fourth-order valence-corrected chi connectivity index (χ4v) is 3.16. The van der Waals surface area contributed by atoms with Crippen LogP contribution in [0, 0.1) is 0 Å². The van der Waals surface area contributed by atoms with Gasteiger partial charge < -0.3 is 5.32 Å². The van der Waals surface area contributed by atoms with E-state index in [0.717, 1.165) is 30.2 Å². The topological polar surface area (TPSA) is 55.6 Å². The van der Waals surface area contributed by atoms with Crippen LogP contribution in [0.5, 0.6) is 0 Å². The maximum absolute atomic E-state index is 4.74. The van der Waals surface area contributed by atoms with E-state index in [-0.39, 0.29) is 6.04 Å². The molecule has 0 saturated heterocycles. The van der Waals surface area contributed by atoms with Crippen molar-refractivity contribution in [2.45, 2.75) is 32.7 Å². The molecule has 5 nitrogen and oxygen atoms in total. The summed E-state index contributed by atoms with van der Waals surface area (Å²) in [5.41, 5.74) is 4.83. The maximum atomic E-state index is 4.74. The van der Waals surface area contributed by atoms with Crippen molar-refractivity contribution in [2.24, 2.45) is 0 Å². The van der Waals surface area contributed by atoms with Crippen molar-refractivity contribution in [1.82, 2.24) is 19.5 Å². The van der Waals surface area contributed by atoms with Crippen molar-refractivity contribution in [1.29, 1.82) is 0 Å². The van der Waals surface area contributed by atoms with Gasteiger partial charge in [0.1, 0.15) is 12.1 Å². The monoisotopic (exact) mass is 331 g/mol. The van der Waals surface area contributed by atoms with Gasteiger partial charge in [0.25, 0.3) is 0 Å². The minimum absolute atomic E-state index is 0.160. The molecule has 0 bridgehead atoms. The highest BCUT2D eigenvalue weighted by atomic mass is 15.2. The lowest BCUT2D eigenvalue weighted by molar-refractivity contribution is 0.821. The van der Waals surface area contributed by atoms with E-state index in [0.29, 0.717) is 0 Å². The molecule has 2 aromatic heterocycles. The number of benzene rings is 1. The summed E-state index contributed by atoms with van der Waals surface area (Å²) in [5.74, 6) is 1.56. The van der Waals surface area contributed by atoms with Gasteiger partial charge in [-0.3, -0.25) is 9.55 Å². The summed E-state index contributed by atoms with van der Waals surface area (Å²) in [6.45, 7) is 4.27. The SMILES string of the molecule is CC1=Cc2ncn(-c3cncc(N[C@@H](C)c4ccccc4)n3)c2CC1. The number of nitrogens with one attached hydrogen (secondary N) is 1. The lowest BCUT2D eigenvalue weighted by Gasteiger charge is -2.16. The molecule has 4 rings (SSSR count). The molecule has 1 atom stereocenters. The van der Waals surface area contributed by atoms with Crippen molar-refractivity contribution >= 4 is 11.9 Å². The molecular formula is C20H21N5. The molecule has 5 heteroatoms. The molecule has 2 heterocycles. The third-order valence-corrected chi connectivity index (χ3v) is 4.57. The molecule has 1 aromatic carbocycles. The summed E-state index contributed by atoms with van der Waals surface area (Å²) >= 11 is 0. The van der Waals surface area contributed by atoms with Gasteiger partial charge >= 0.3 is 0 Å². The minimum atomic E-state index is 0.160. The van der Waals surface area contributed by atoms with Gasteiger partial charge in [-0.05, 0) is 38.3 Å². The van der Waals surface area contributed by atoms with Crippen LogP contribution in [0.15, 0.2) is 54.6 Å². The lowest BCUT2D eigenvalue weighted by Crippen LogP contribution is -2.11. The van der Waals surface area contributed by atoms with E-state index in [2.05, 4.69) is 47.3 Å². The van der Waals surface area contributed by atoms with Gasteiger partial charge in [-0.1, -0.05) is 35.9 Å². The van der Waals surface area contributed by atoms with Gasteiger partial charge in [0.05, 0.1) is 23.8 Å². The third-order valence-electron chi connectivity index (χ3n) is 4.57. The second-order valence-corrected chi connectivity index (χ2v) is 6.48. The van der Waals surface area contributed by atoms with E-state index in [9.17, 15) is 0 Å². The van der Waals surface area contributed by atoms with E-state index in [1.54, 1.807) is 12.4 Å². The minimum Gasteiger partial charge on any atom is -0.362 e. The Morgan fingerprint density at radius 3 is 2.80 bits per heavy atom. The molecule has 1 N–H and O–H groups in total. The quantitative estimate of drug-likeness (QED) is 0.779. The molecule has 0 radical (unpaired) electrons. The highest BCUT2D eigenvalue weighted by Gasteiger charge is 2.16. The summed E-state index contributed by atoms with van der Waals surface area (Å²) < 4.78 is 2.05. The molecule has 3 aromatic rings. The van der Waals surface area contributed by atoms with Crippen molar-refractivity contribution in [3.63, 3.8) is 0 Å². The first-order chi connectivity index (χ1) is 12.2. The van der Waals surface area contributed by atoms with Crippen LogP contribution in [0.2, 0.25) is 0 Å². The van der Waals surface area contributed by atoms with Crippen molar-refractivity contribution in [2.75, 3.05) is 5.32 Å². The highest BCUT2D eigenvalue weighted by molar-refractivity contribution is 5.55. The zero-order valence-corrected chi connectivity index (χ0v) is 14.5. The van der Waals surface area contributed by atoms with Crippen molar-refractivity contribution in [3.8, 4) is 5.82 Å². The summed E-state index contributed by atoms with van der Waals surface area (Å²) in [5, 5.41) is 3.43. The number of anilines is 1. The molecule has 0 aliphatic heterocycles. The van der Waals surface area contributed by atoms with Crippen LogP contribution in [-0.4, -0.2) is 19.5 Å². The maximum Gasteiger partial charge on any atom is 0.159 e. The van der Waals surface area contributed by atoms with Crippen LogP contribution in [0.1, 0.15) is 43.3 Å². The van der Waals surface area contributed by atoms with E-state index in [1.807, 2.05) is 29.1 Å². The Bertz CT molecular complexity index is 911. The van der Waals surface area contributed by atoms with Crippen LogP contribution in [0.3, 0.4) is 0 Å². The van der Waals surface area contributed by atoms with Gasteiger partial charge in [0, 0.05) is 6.04 Å². The fourth-order valence-electron chi connectivity index (χ4n) is 3.16. The smallest absolute Gasteiger partial charge is 0.159 e. The molecule has 1 aliphatic carbocycles. The normalized spacial score (nSPS) is 14.6. The molecule has 0 fully saturated rings. The second kappa shape index (κ2) is 6.51. The molecule has 1 aliphatic rings. The van der Waals surface area contributed by atoms with Crippen LogP contribution in [0.25, 0.3) is 11.9 Å². The van der Waals surface area contributed by atoms with Crippen LogP contribution >= 0.6 is 0 Å². The molecule has 0 saturated carbocycles. The lowest BCUT2D eigenvalue weighted by atomic mass is 10.0. The zero-order valence-electron chi connectivity index (χ0n) is 14.5. The molecule has 0 spiro atoms. The zero-order chi connectivity index (χ0) is 17.2. The number of allylic oxidation sites excluding steroid dienone is 1. The predicted octanol–water partition coefficient (Wildman–Crippen LogP) is 4.18. The molecule has 126 valence electrons. The highest BCUT2D eigenvalue weighted by Crippen LogP contribution is 2.25. The van der Waals surface area contributed by atoms with E-state index in [4.69, 9.17) is 4.98 Å². The Balaban J connectivity index is 1.60. The first-order valence-corrected chi connectivity index (χ1v) is 8.58. The Morgan fingerprint density at radius 1 is 1.12 bits per heavy atom. The molecular weight excluding hydrogens is 310 g/mol. The van der Waals surface area contributed by atoms with Crippen molar-refractivity contribution in [3.05, 3.63) is 71.6 Å². The summed E-state index contributed by atoms with van der Waals surface area (Å²) in [6, 6.07) is 10.5. The van der Waals surface area contributed by atoms with Crippen LogP contribution in [-0.2, 0) is 6.42 Å². The van der Waals surface area contributed by atoms with E-state index in [1.165, 1.54) is 16.8 Å². The summed E-state index contributed by atoms with van der Waals surface area (Å²) in [4.78, 5) is 13.6. The van der Waals surface area contributed by atoms with Crippen LogP contribution < -0.4 is 5.32 Å². The second-order valence-electron chi connectivity index (χ2n) is 6.48. The number of aromatic nitrogens is 4. The number of rotatable bonds is 4. The molecule has 25 heavy (non-hydrogen) atoms. The molecule has 0 unspecified atom stereocenters. The largest absolute Gasteiger partial charge is 0.362 e. The van der Waals surface area contributed by atoms with Gasteiger partial charge in [0.15, 0.2) is 5.82 Å². The molecule has 0 amide bonds. The first-order valence-electron chi connectivity index (χ1n) is 8.58.